The lowest BCUT2D eigenvalue weighted by molar-refractivity contribution is -0.173. The van der Waals surface area contributed by atoms with Gasteiger partial charge >= 0.3 is 0 Å². The lowest BCUT2D eigenvalue weighted by Crippen LogP contribution is -2.74. The first-order valence-electron chi connectivity index (χ1n) is 13.4. The van der Waals surface area contributed by atoms with Crippen molar-refractivity contribution in [1.29, 1.82) is 0 Å². The average Bonchev–Trinajstić information content (AvgIpc) is 2.82. The molecule has 37 heavy (non-hydrogen) atoms. The standard InChI is InChI=1S/C29H34IN3O4/c30-20-6-2-5-19(13-20)27(36)32-21-9-10-29(37)23-14-18-7-8-22(26(31)35)25(34)24(18)28(29,15-21)11-12-33(23)16-17-3-1-4-17/h2,5-8,13,17,21,23,34,37H,1,3-4,9-12,14-16H2,(H2,31,35)(H,32,36)/t21?,23-,28?,29-/m1/s1. The van der Waals surface area contributed by atoms with E-state index in [1.807, 2.05) is 30.3 Å². The van der Waals surface area contributed by atoms with E-state index in [0.717, 1.165) is 22.2 Å². The third-order valence-corrected chi connectivity index (χ3v) is 10.3. The van der Waals surface area contributed by atoms with E-state index in [9.17, 15) is 19.8 Å². The van der Waals surface area contributed by atoms with Crippen LogP contribution < -0.4 is 11.1 Å². The molecule has 2 unspecified atom stereocenters. The van der Waals surface area contributed by atoms with Gasteiger partial charge in [-0.3, -0.25) is 14.5 Å². The van der Waals surface area contributed by atoms with Crippen molar-refractivity contribution in [2.45, 2.75) is 74.5 Å². The number of primary amides is 1. The summed E-state index contributed by atoms with van der Waals surface area (Å²) in [6.45, 7) is 1.82. The van der Waals surface area contributed by atoms with Crippen LogP contribution in [0.3, 0.4) is 0 Å². The highest BCUT2D eigenvalue weighted by atomic mass is 127. The molecule has 4 aliphatic rings. The molecule has 0 radical (unpaired) electrons. The Labute approximate surface area is 230 Å². The number of likely N-dealkylation sites (tertiary alicyclic amines) is 1. The van der Waals surface area contributed by atoms with Gasteiger partial charge in [0.2, 0.25) is 0 Å². The second kappa shape index (κ2) is 9.24. The predicted octanol–water partition coefficient (Wildman–Crippen LogP) is 3.48. The second-order valence-corrected chi connectivity index (χ2v) is 12.8. The van der Waals surface area contributed by atoms with Gasteiger partial charge in [-0.1, -0.05) is 18.6 Å². The molecule has 0 aromatic heterocycles. The van der Waals surface area contributed by atoms with Crippen LogP contribution in [0.4, 0.5) is 0 Å². The van der Waals surface area contributed by atoms with E-state index in [1.54, 1.807) is 6.07 Å². The zero-order valence-corrected chi connectivity index (χ0v) is 23.0. The number of benzene rings is 2. The van der Waals surface area contributed by atoms with Gasteiger partial charge in [0, 0.05) is 38.7 Å². The molecule has 1 heterocycles. The van der Waals surface area contributed by atoms with Crippen LogP contribution in [-0.2, 0) is 11.8 Å². The highest BCUT2D eigenvalue weighted by Gasteiger charge is 2.65. The molecule has 196 valence electrons. The van der Waals surface area contributed by atoms with Crippen LogP contribution >= 0.6 is 22.6 Å². The zero-order valence-electron chi connectivity index (χ0n) is 20.9. The molecule has 2 saturated carbocycles. The average molecular weight is 616 g/mol. The van der Waals surface area contributed by atoms with Gasteiger partial charge in [-0.25, -0.2) is 0 Å². The van der Waals surface area contributed by atoms with Gasteiger partial charge in [-0.15, -0.1) is 0 Å². The minimum Gasteiger partial charge on any atom is -0.507 e. The molecule has 0 spiro atoms. The van der Waals surface area contributed by atoms with Crippen LogP contribution in [0, 0.1) is 9.49 Å². The van der Waals surface area contributed by atoms with E-state index in [-0.39, 0.29) is 29.3 Å². The minimum absolute atomic E-state index is 0.0551. The van der Waals surface area contributed by atoms with Crippen molar-refractivity contribution in [3.05, 3.63) is 62.2 Å². The number of nitrogens with one attached hydrogen (secondary N) is 1. The van der Waals surface area contributed by atoms with E-state index >= 15 is 0 Å². The van der Waals surface area contributed by atoms with Gasteiger partial charge in [0.15, 0.2) is 0 Å². The van der Waals surface area contributed by atoms with Crippen molar-refractivity contribution in [1.82, 2.24) is 10.2 Å². The molecule has 2 bridgehead atoms. The molecule has 3 aliphatic carbocycles. The molecule has 4 atom stereocenters. The van der Waals surface area contributed by atoms with Crippen molar-refractivity contribution in [2.75, 3.05) is 13.1 Å². The predicted molar refractivity (Wildman–Crippen MR) is 149 cm³/mol. The second-order valence-electron chi connectivity index (χ2n) is 11.6. The lowest BCUT2D eigenvalue weighted by atomic mass is 9.48. The van der Waals surface area contributed by atoms with Gasteiger partial charge in [0.05, 0.1) is 11.2 Å². The Hall–Kier alpha value is -2.17. The van der Waals surface area contributed by atoms with Gasteiger partial charge in [0.25, 0.3) is 11.8 Å². The Bertz CT molecular complexity index is 1260. The minimum atomic E-state index is -1.06. The molecule has 7 nitrogen and oxygen atoms in total. The van der Waals surface area contributed by atoms with Crippen LogP contribution in [0.25, 0.3) is 0 Å². The number of hydrogen-bond donors (Lipinski definition) is 4. The third-order valence-electron chi connectivity index (χ3n) is 9.68. The maximum absolute atomic E-state index is 13.1. The monoisotopic (exact) mass is 615 g/mol. The number of amides is 2. The Balaban J connectivity index is 1.39. The first-order chi connectivity index (χ1) is 17.7. The van der Waals surface area contributed by atoms with E-state index in [2.05, 4.69) is 32.8 Å². The number of nitrogens with two attached hydrogens (primary N) is 1. The summed E-state index contributed by atoms with van der Waals surface area (Å²) in [5, 5.41) is 27.2. The van der Waals surface area contributed by atoms with E-state index in [0.29, 0.717) is 49.1 Å². The van der Waals surface area contributed by atoms with Crippen LogP contribution in [-0.4, -0.2) is 57.7 Å². The van der Waals surface area contributed by atoms with E-state index in [1.165, 1.54) is 19.3 Å². The molecule has 2 aromatic rings. The first kappa shape index (κ1) is 25.1. The molecular formula is C29H34IN3O4. The molecule has 1 saturated heterocycles. The van der Waals surface area contributed by atoms with Crippen molar-refractivity contribution < 1.29 is 19.8 Å². The number of carbonyl (C=O) groups is 2. The Morgan fingerprint density at radius 2 is 1.97 bits per heavy atom. The topological polar surface area (TPSA) is 116 Å². The molecule has 1 aliphatic heterocycles. The summed E-state index contributed by atoms with van der Waals surface area (Å²) in [7, 11) is 0. The van der Waals surface area contributed by atoms with E-state index < -0.39 is 16.9 Å². The summed E-state index contributed by atoms with van der Waals surface area (Å²) in [5.41, 5.74) is 6.14. The summed E-state index contributed by atoms with van der Waals surface area (Å²) < 4.78 is 0.994. The normalized spacial score (nSPS) is 31.1. The number of piperidine rings is 1. The van der Waals surface area contributed by atoms with Crippen LogP contribution in [0.2, 0.25) is 0 Å². The summed E-state index contributed by atoms with van der Waals surface area (Å²) >= 11 is 2.20. The molecular weight excluding hydrogens is 581 g/mol. The maximum atomic E-state index is 13.1. The SMILES string of the molecule is NC(=O)c1ccc2c(c1O)C13CCN(CC4CCC4)[C@H](C2)[C@]1(O)CCC(NC(=O)c1cccc(I)c1)C3. The largest absolute Gasteiger partial charge is 0.507 e. The number of aliphatic hydroxyl groups is 1. The smallest absolute Gasteiger partial charge is 0.252 e. The Morgan fingerprint density at radius 3 is 2.68 bits per heavy atom. The van der Waals surface area contributed by atoms with Crippen LogP contribution in [0.1, 0.15) is 76.8 Å². The van der Waals surface area contributed by atoms with Crippen molar-refractivity contribution in [3.63, 3.8) is 0 Å². The number of fused-ring (bicyclic) bond motifs is 1. The number of halogens is 1. The molecule has 2 amide bonds. The molecule has 5 N–H and O–H groups in total. The summed E-state index contributed by atoms with van der Waals surface area (Å²) in [6.07, 6.45) is 6.76. The number of nitrogens with zero attached hydrogens (tertiary/aromatic N) is 1. The van der Waals surface area contributed by atoms with Gasteiger partial charge in [-0.2, -0.15) is 0 Å². The van der Waals surface area contributed by atoms with Crippen molar-refractivity contribution in [3.8, 4) is 5.75 Å². The summed E-state index contributed by atoms with van der Waals surface area (Å²) in [6, 6.07) is 10.8. The maximum Gasteiger partial charge on any atom is 0.252 e. The zero-order chi connectivity index (χ0) is 25.9. The van der Waals surface area contributed by atoms with Gasteiger partial charge < -0.3 is 21.3 Å². The fraction of sp³-hybridized carbons (Fsp3) is 0.517. The highest BCUT2D eigenvalue weighted by Crippen LogP contribution is 2.60. The van der Waals surface area contributed by atoms with Gasteiger partial charge in [-0.05, 0) is 110 Å². The summed E-state index contributed by atoms with van der Waals surface area (Å²) in [5.74, 6) is -0.217. The number of rotatable bonds is 5. The quantitative estimate of drug-likeness (QED) is 0.385. The number of aromatic hydroxyl groups is 1. The molecule has 2 aromatic carbocycles. The highest BCUT2D eigenvalue weighted by molar-refractivity contribution is 14.1. The molecule has 6 rings (SSSR count). The number of phenols is 1. The fourth-order valence-electron chi connectivity index (χ4n) is 7.66. The third kappa shape index (κ3) is 3.98. The van der Waals surface area contributed by atoms with Crippen LogP contribution in [0.5, 0.6) is 5.75 Å². The Morgan fingerprint density at radius 1 is 1.16 bits per heavy atom. The Kier molecular flexibility index (Phi) is 6.27. The number of carbonyl (C=O) groups excluding carboxylic acids is 2. The fourth-order valence-corrected chi connectivity index (χ4v) is 8.21. The lowest BCUT2D eigenvalue weighted by Gasteiger charge is -2.65. The van der Waals surface area contributed by atoms with Crippen LogP contribution in [0.15, 0.2) is 36.4 Å². The van der Waals surface area contributed by atoms with Crippen molar-refractivity contribution in [2.24, 2.45) is 11.7 Å². The molecule has 3 fully saturated rings. The van der Waals surface area contributed by atoms with Crippen molar-refractivity contribution >= 4 is 34.4 Å². The summed E-state index contributed by atoms with van der Waals surface area (Å²) in [4.78, 5) is 27.8. The number of hydrogen-bond acceptors (Lipinski definition) is 5. The first-order valence-corrected chi connectivity index (χ1v) is 14.5. The molecule has 8 heteroatoms. The van der Waals surface area contributed by atoms with Gasteiger partial charge in [0.1, 0.15) is 5.75 Å². The van der Waals surface area contributed by atoms with E-state index in [4.69, 9.17) is 5.73 Å².